The van der Waals surface area contributed by atoms with Gasteiger partial charge in [-0.05, 0) is 61.0 Å². The van der Waals surface area contributed by atoms with Crippen LogP contribution >= 0.6 is 0 Å². The number of non-ortho nitro benzene ring substituents is 1. The molecule has 0 spiro atoms. The number of hydrazone groups is 1. The van der Waals surface area contributed by atoms with Crippen molar-refractivity contribution in [3.05, 3.63) is 92.0 Å². The van der Waals surface area contributed by atoms with Gasteiger partial charge in [-0.2, -0.15) is 5.10 Å². The van der Waals surface area contributed by atoms with Crippen molar-refractivity contribution in [1.82, 2.24) is 5.43 Å². The van der Waals surface area contributed by atoms with Crippen LogP contribution in [0.15, 0.2) is 65.8 Å². The van der Waals surface area contributed by atoms with Crippen molar-refractivity contribution < 1.29 is 28.9 Å². The van der Waals surface area contributed by atoms with Gasteiger partial charge in [-0.1, -0.05) is 0 Å². The summed E-state index contributed by atoms with van der Waals surface area (Å²) in [6.07, 6.45) is 1.41. The minimum atomic E-state index is -0.758. The molecule has 3 rings (SSSR count). The molecule has 0 aliphatic carbocycles. The number of methoxy groups -OCH3 is 1. The maximum absolute atomic E-state index is 12.4. The van der Waals surface area contributed by atoms with Gasteiger partial charge in [-0.25, -0.2) is 5.43 Å². The monoisotopic (exact) mass is 480 g/mol. The van der Waals surface area contributed by atoms with Gasteiger partial charge in [0, 0.05) is 11.6 Å². The van der Waals surface area contributed by atoms with Crippen molar-refractivity contribution >= 4 is 23.5 Å². The van der Waals surface area contributed by atoms with E-state index in [1.165, 1.54) is 25.5 Å². The second-order valence-corrected chi connectivity index (χ2v) is 6.84. The Morgan fingerprint density at radius 2 is 1.69 bits per heavy atom. The van der Waals surface area contributed by atoms with Crippen LogP contribution < -0.4 is 19.6 Å². The van der Waals surface area contributed by atoms with Crippen LogP contribution in [0.1, 0.15) is 22.8 Å². The van der Waals surface area contributed by atoms with Gasteiger partial charge in [0.25, 0.3) is 11.6 Å². The first-order valence-electron chi connectivity index (χ1n) is 10.2. The topological polar surface area (TPSA) is 155 Å². The normalized spacial score (nSPS) is 10.6. The molecule has 35 heavy (non-hydrogen) atoms. The molecule has 0 aliphatic rings. The van der Waals surface area contributed by atoms with E-state index in [1.54, 1.807) is 30.3 Å². The Labute approximate surface area is 199 Å². The summed E-state index contributed by atoms with van der Waals surface area (Å²) in [5.74, 6) is 0.629. The summed E-state index contributed by atoms with van der Waals surface area (Å²) in [4.78, 5) is 33.0. The summed E-state index contributed by atoms with van der Waals surface area (Å²) >= 11 is 0. The molecule has 1 N–H and O–H groups in total. The summed E-state index contributed by atoms with van der Waals surface area (Å²) in [6.45, 7) is 2.23. The lowest BCUT2D eigenvalue weighted by atomic mass is 10.2. The standard InChI is InChI=1S/C23H20N4O8/c1-3-34-22-12-16(6-10-21(22)33-2)23(28)25-24-14-15-4-8-18(9-5-15)35-20-11-7-17(26(29)30)13-19(20)27(31)32/h4-14H,3H2,1-2H3,(H,25,28)/b24-14+. The van der Waals surface area contributed by atoms with Gasteiger partial charge in [0.1, 0.15) is 5.75 Å². The van der Waals surface area contributed by atoms with E-state index in [0.29, 0.717) is 29.2 Å². The SMILES string of the molecule is CCOc1cc(C(=O)N/N=C/c2ccc(Oc3ccc([N+](=O)[O-])cc3[N+](=O)[O-])cc2)ccc1OC. The van der Waals surface area contributed by atoms with E-state index < -0.39 is 27.1 Å². The molecule has 12 nitrogen and oxygen atoms in total. The third kappa shape index (κ3) is 6.28. The lowest BCUT2D eigenvalue weighted by Gasteiger charge is -2.10. The third-order valence-corrected chi connectivity index (χ3v) is 4.56. The summed E-state index contributed by atoms with van der Waals surface area (Å²) < 4.78 is 16.2. The second kappa shape index (κ2) is 11.2. The van der Waals surface area contributed by atoms with E-state index in [2.05, 4.69) is 10.5 Å². The van der Waals surface area contributed by atoms with E-state index in [0.717, 1.165) is 18.2 Å². The highest BCUT2D eigenvalue weighted by Crippen LogP contribution is 2.34. The van der Waals surface area contributed by atoms with Crippen LogP contribution in [0.25, 0.3) is 0 Å². The summed E-state index contributed by atoms with van der Waals surface area (Å²) in [5, 5.41) is 26.0. The average molecular weight is 480 g/mol. The van der Waals surface area contributed by atoms with Gasteiger partial charge in [0.05, 0.1) is 35.8 Å². The van der Waals surface area contributed by atoms with E-state index in [-0.39, 0.29) is 11.5 Å². The number of carbonyl (C=O) groups is 1. The Hall–Kier alpha value is -5.00. The van der Waals surface area contributed by atoms with Gasteiger partial charge in [-0.3, -0.25) is 25.0 Å². The molecule has 0 saturated carbocycles. The van der Waals surface area contributed by atoms with Gasteiger partial charge in [0.2, 0.25) is 5.75 Å². The predicted octanol–water partition coefficient (Wildman–Crippen LogP) is 4.47. The molecule has 0 saturated heterocycles. The fourth-order valence-electron chi connectivity index (χ4n) is 2.91. The molecule has 0 aromatic heterocycles. The number of benzene rings is 3. The summed E-state index contributed by atoms with van der Waals surface area (Å²) in [7, 11) is 1.51. The molecule has 12 heteroatoms. The zero-order chi connectivity index (χ0) is 25.4. The summed E-state index contributed by atoms with van der Waals surface area (Å²) in [6, 6.07) is 14.2. The van der Waals surface area contributed by atoms with Crippen LogP contribution in [0.3, 0.4) is 0 Å². The van der Waals surface area contributed by atoms with Gasteiger partial charge < -0.3 is 14.2 Å². The van der Waals surface area contributed by atoms with Gasteiger partial charge in [-0.15, -0.1) is 0 Å². The first-order valence-corrected chi connectivity index (χ1v) is 10.2. The number of nitrogens with zero attached hydrogens (tertiary/aromatic N) is 3. The Morgan fingerprint density at radius 3 is 2.31 bits per heavy atom. The van der Waals surface area contributed by atoms with Gasteiger partial charge >= 0.3 is 5.69 Å². The molecular formula is C23H20N4O8. The molecule has 3 aromatic rings. The van der Waals surface area contributed by atoms with Crippen LogP contribution in [0.4, 0.5) is 11.4 Å². The lowest BCUT2D eigenvalue weighted by Crippen LogP contribution is -2.17. The highest BCUT2D eigenvalue weighted by Gasteiger charge is 2.21. The molecule has 0 heterocycles. The Balaban J connectivity index is 1.65. The van der Waals surface area contributed by atoms with Crippen LogP contribution in [-0.2, 0) is 0 Å². The molecule has 180 valence electrons. The van der Waals surface area contributed by atoms with E-state index >= 15 is 0 Å². The number of amides is 1. The maximum Gasteiger partial charge on any atom is 0.318 e. The van der Waals surface area contributed by atoms with Crippen molar-refractivity contribution in [3.8, 4) is 23.0 Å². The lowest BCUT2D eigenvalue weighted by molar-refractivity contribution is -0.394. The molecule has 0 aliphatic heterocycles. The molecule has 0 fully saturated rings. The molecule has 3 aromatic carbocycles. The molecule has 0 atom stereocenters. The number of nitro benzene ring substituents is 2. The fraction of sp³-hybridized carbons (Fsp3) is 0.130. The number of hydrogen-bond acceptors (Lipinski definition) is 9. The molecule has 0 unspecified atom stereocenters. The van der Waals surface area contributed by atoms with E-state index in [1.807, 2.05) is 6.92 Å². The Kier molecular flexibility index (Phi) is 7.90. The second-order valence-electron chi connectivity index (χ2n) is 6.84. The number of carbonyl (C=O) groups excluding carboxylic acids is 1. The first kappa shape index (κ1) is 24.6. The predicted molar refractivity (Wildman–Crippen MR) is 125 cm³/mol. The zero-order valence-corrected chi connectivity index (χ0v) is 18.7. The van der Waals surface area contributed by atoms with Crippen molar-refractivity contribution in [2.45, 2.75) is 6.92 Å². The number of ether oxygens (including phenoxy) is 3. The quantitative estimate of drug-likeness (QED) is 0.253. The van der Waals surface area contributed by atoms with E-state index in [9.17, 15) is 25.0 Å². The van der Waals surface area contributed by atoms with Crippen LogP contribution in [-0.4, -0.2) is 35.7 Å². The van der Waals surface area contributed by atoms with Crippen molar-refractivity contribution in [1.29, 1.82) is 0 Å². The minimum absolute atomic E-state index is 0.139. The third-order valence-electron chi connectivity index (χ3n) is 4.56. The smallest absolute Gasteiger partial charge is 0.318 e. The van der Waals surface area contributed by atoms with Gasteiger partial charge in [0.15, 0.2) is 11.5 Å². The molecule has 1 amide bonds. The Morgan fingerprint density at radius 1 is 0.971 bits per heavy atom. The van der Waals surface area contributed by atoms with E-state index in [4.69, 9.17) is 14.2 Å². The maximum atomic E-state index is 12.4. The highest BCUT2D eigenvalue weighted by atomic mass is 16.6. The van der Waals surface area contributed by atoms with Crippen molar-refractivity contribution in [2.24, 2.45) is 5.10 Å². The number of nitrogens with one attached hydrogen (secondary N) is 1. The molecule has 0 radical (unpaired) electrons. The highest BCUT2D eigenvalue weighted by molar-refractivity contribution is 5.95. The van der Waals surface area contributed by atoms with Crippen molar-refractivity contribution in [3.63, 3.8) is 0 Å². The van der Waals surface area contributed by atoms with Crippen LogP contribution in [0, 0.1) is 20.2 Å². The van der Waals surface area contributed by atoms with Crippen LogP contribution in [0.5, 0.6) is 23.0 Å². The Bertz CT molecular complexity index is 1280. The zero-order valence-electron chi connectivity index (χ0n) is 18.7. The number of rotatable bonds is 10. The molecule has 0 bridgehead atoms. The first-order chi connectivity index (χ1) is 16.8. The average Bonchev–Trinajstić information content (AvgIpc) is 2.85. The van der Waals surface area contributed by atoms with Crippen molar-refractivity contribution in [2.75, 3.05) is 13.7 Å². The summed E-state index contributed by atoms with van der Waals surface area (Å²) in [5.41, 5.74) is 2.42. The van der Waals surface area contributed by atoms with Crippen LogP contribution in [0.2, 0.25) is 0 Å². The molecular weight excluding hydrogens is 460 g/mol. The number of hydrogen-bond donors (Lipinski definition) is 1. The number of nitro groups is 2. The fourth-order valence-corrected chi connectivity index (χ4v) is 2.91. The minimum Gasteiger partial charge on any atom is -0.493 e. The largest absolute Gasteiger partial charge is 0.493 e.